The van der Waals surface area contributed by atoms with Crippen molar-refractivity contribution in [3.05, 3.63) is 11.5 Å². The van der Waals surface area contributed by atoms with E-state index in [1.165, 1.54) is 0 Å². The second-order valence-electron chi connectivity index (χ2n) is 2.89. The van der Waals surface area contributed by atoms with Gasteiger partial charge in [-0.2, -0.15) is 0 Å². The van der Waals surface area contributed by atoms with Crippen molar-refractivity contribution in [1.82, 2.24) is 5.16 Å². The number of carbonyl (C=O) groups is 1. The molecule has 0 radical (unpaired) electrons. The van der Waals surface area contributed by atoms with E-state index in [0.717, 1.165) is 12.8 Å². The van der Waals surface area contributed by atoms with E-state index in [2.05, 4.69) is 5.16 Å². The van der Waals surface area contributed by atoms with Gasteiger partial charge in [0.2, 0.25) is 5.69 Å². The zero-order valence-electron chi connectivity index (χ0n) is 6.28. The summed E-state index contributed by atoms with van der Waals surface area (Å²) in [6.45, 7) is 0. The molecule has 0 saturated heterocycles. The summed E-state index contributed by atoms with van der Waals surface area (Å²) in [6, 6.07) is 0. The minimum absolute atomic E-state index is 0.170. The minimum Gasteiger partial charge on any atom is -0.476 e. The molecule has 0 bridgehead atoms. The molecule has 5 nitrogen and oxygen atoms in total. The molecule has 0 aliphatic heterocycles. The summed E-state index contributed by atoms with van der Waals surface area (Å²) in [7, 11) is 0. The zero-order valence-corrected chi connectivity index (χ0v) is 6.28. The number of nitrogens with zero attached hydrogens (tertiary/aromatic N) is 1. The summed E-state index contributed by atoms with van der Waals surface area (Å²) in [5.74, 6) is -0.304. The number of carboxylic acid groups (broad SMARTS) is 1. The van der Waals surface area contributed by atoms with Crippen LogP contribution in [0.3, 0.4) is 0 Å². The number of nitrogens with two attached hydrogens (primary N) is 1. The fraction of sp³-hybridized carbons (Fsp3) is 0.429. The molecule has 1 heterocycles. The molecule has 12 heavy (non-hydrogen) atoms. The molecule has 5 heteroatoms. The van der Waals surface area contributed by atoms with Gasteiger partial charge in [0.15, 0.2) is 5.76 Å². The van der Waals surface area contributed by atoms with E-state index >= 15 is 0 Å². The average Bonchev–Trinajstić information content (AvgIpc) is 2.75. The van der Waals surface area contributed by atoms with Gasteiger partial charge >= 0.3 is 5.97 Å². The van der Waals surface area contributed by atoms with E-state index in [1.54, 1.807) is 0 Å². The molecule has 1 aliphatic rings. The molecule has 1 aromatic heterocycles. The monoisotopic (exact) mass is 168 g/mol. The van der Waals surface area contributed by atoms with Crippen molar-refractivity contribution in [2.24, 2.45) is 0 Å². The fourth-order valence-corrected chi connectivity index (χ4v) is 1.10. The van der Waals surface area contributed by atoms with E-state index in [1.807, 2.05) is 0 Å². The highest BCUT2D eigenvalue weighted by atomic mass is 16.5. The molecular formula is C7H8N2O3. The maximum atomic E-state index is 10.5. The number of nitrogen functional groups attached to an aromatic ring is 1. The third kappa shape index (κ3) is 0.939. The van der Waals surface area contributed by atoms with Crippen LogP contribution < -0.4 is 5.73 Å². The van der Waals surface area contributed by atoms with Crippen LogP contribution in [0, 0.1) is 0 Å². The smallest absolute Gasteiger partial charge is 0.360 e. The number of hydrogen-bond acceptors (Lipinski definition) is 4. The first-order valence-electron chi connectivity index (χ1n) is 3.68. The lowest BCUT2D eigenvalue weighted by Crippen LogP contribution is -2.01. The second-order valence-corrected chi connectivity index (χ2v) is 2.89. The quantitative estimate of drug-likeness (QED) is 0.682. The van der Waals surface area contributed by atoms with Crippen molar-refractivity contribution in [3.8, 4) is 0 Å². The fourth-order valence-electron chi connectivity index (χ4n) is 1.10. The third-order valence-electron chi connectivity index (χ3n) is 1.91. The molecule has 1 saturated carbocycles. The van der Waals surface area contributed by atoms with Crippen LogP contribution in [0.4, 0.5) is 5.69 Å². The minimum atomic E-state index is -1.14. The van der Waals surface area contributed by atoms with Gasteiger partial charge in [-0.05, 0) is 12.8 Å². The van der Waals surface area contributed by atoms with Crippen LogP contribution >= 0.6 is 0 Å². The Morgan fingerprint density at radius 3 is 2.75 bits per heavy atom. The lowest BCUT2D eigenvalue weighted by molar-refractivity contribution is 0.0686. The number of anilines is 1. The van der Waals surface area contributed by atoms with E-state index < -0.39 is 5.97 Å². The summed E-state index contributed by atoms with van der Waals surface area (Å²) < 4.78 is 4.82. The standard InChI is InChI=1S/C7H8N2O3/c8-4-5(7(10)11)9-12-6(4)3-1-2-3/h3H,1-2,8H2,(H,10,11). The highest BCUT2D eigenvalue weighted by Crippen LogP contribution is 2.43. The van der Waals surface area contributed by atoms with Crippen LogP contribution in [0.25, 0.3) is 0 Å². The molecule has 0 amide bonds. The van der Waals surface area contributed by atoms with E-state index in [0.29, 0.717) is 11.7 Å². The summed E-state index contributed by atoms with van der Waals surface area (Å²) in [5.41, 5.74) is 5.52. The Balaban J connectivity index is 2.39. The lowest BCUT2D eigenvalue weighted by atomic mass is 10.2. The van der Waals surface area contributed by atoms with Gasteiger partial charge in [0.05, 0.1) is 0 Å². The normalized spacial score (nSPS) is 16.3. The number of aromatic nitrogens is 1. The van der Waals surface area contributed by atoms with Crippen molar-refractivity contribution < 1.29 is 14.4 Å². The largest absolute Gasteiger partial charge is 0.476 e. The average molecular weight is 168 g/mol. The van der Waals surface area contributed by atoms with Gasteiger partial charge in [-0.25, -0.2) is 4.79 Å². The highest BCUT2D eigenvalue weighted by molar-refractivity contribution is 5.91. The Labute approximate surface area is 68.1 Å². The number of hydrogen-bond donors (Lipinski definition) is 2. The summed E-state index contributed by atoms with van der Waals surface area (Å²) in [4.78, 5) is 10.5. The van der Waals surface area contributed by atoms with Gasteiger partial charge < -0.3 is 15.4 Å². The Bertz CT molecular complexity index is 327. The van der Waals surface area contributed by atoms with Crippen molar-refractivity contribution in [1.29, 1.82) is 0 Å². The molecule has 1 aliphatic carbocycles. The van der Waals surface area contributed by atoms with Gasteiger partial charge in [-0.1, -0.05) is 5.16 Å². The summed E-state index contributed by atoms with van der Waals surface area (Å²) in [6.07, 6.45) is 2.02. The Morgan fingerprint density at radius 2 is 2.33 bits per heavy atom. The SMILES string of the molecule is Nc1c(C(=O)O)noc1C1CC1. The molecule has 2 rings (SSSR count). The summed E-state index contributed by atoms with van der Waals surface area (Å²) >= 11 is 0. The van der Waals surface area contributed by atoms with Crippen molar-refractivity contribution in [3.63, 3.8) is 0 Å². The Hall–Kier alpha value is -1.52. The topological polar surface area (TPSA) is 89.4 Å². The first-order chi connectivity index (χ1) is 5.70. The molecule has 1 aromatic rings. The first-order valence-corrected chi connectivity index (χ1v) is 3.68. The van der Waals surface area contributed by atoms with Gasteiger partial charge in [-0.3, -0.25) is 0 Å². The molecule has 3 N–H and O–H groups in total. The van der Waals surface area contributed by atoms with Crippen LogP contribution in [-0.2, 0) is 0 Å². The molecule has 0 aromatic carbocycles. The van der Waals surface area contributed by atoms with Crippen molar-refractivity contribution >= 4 is 11.7 Å². The van der Waals surface area contributed by atoms with Gasteiger partial charge in [-0.15, -0.1) is 0 Å². The Kier molecular flexibility index (Phi) is 1.33. The van der Waals surface area contributed by atoms with Crippen LogP contribution in [0.1, 0.15) is 35.0 Å². The van der Waals surface area contributed by atoms with E-state index in [-0.39, 0.29) is 11.4 Å². The second kappa shape index (κ2) is 2.23. The number of aromatic carboxylic acids is 1. The molecule has 64 valence electrons. The van der Waals surface area contributed by atoms with E-state index in [4.69, 9.17) is 15.4 Å². The van der Waals surface area contributed by atoms with Gasteiger partial charge in [0.1, 0.15) is 5.69 Å². The maximum absolute atomic E-state index is 10.5. The zero-order chi connectivity index (χ0) is 8.72. The highest BCUT2D eigenvalue weighted by Gasteiger charge is 2.32. The Morgan fingerprint density at radius 1 is 1.67 bits per heavy atom. The molecular weight excluding hydrogens is 160 g/mol. The number of rotatable bonds is 2. The van der Waals surface area contributed by atoms with Gasteiger partial charge in [0, 0.05) is 5.92 Å². The first kappa shape index (κ1) is 7.15. The van der Waals surface area contributed by atoms with Crippen LogP contribution in [0.5, 0.6) is 0 Å². The van der Waals surface area contributed by atoms with Crippen LogP contribution in [-0.4, -0.2) is 16.2 Å². The molecule has 0 atom stereocenters. The third-order valence-corrected chi connectivity index (χ3v) is 1.91. The molecule has 0 spiro atoms. The lowest BCUT2D eigenvalue weighted by Gasteiger charge is -1.90. The molecule has 0 unspecified atom stereocenters. The predicted molar refractivity (Wildman–Crippen MR) is 39.8 cm³/mol. The molecule has 1 fully saturated rings. The maximum Gasteiger partial charge on any atom is 0.360 e. The summed E-state index contributed by atoms with van der Waals surface area (Å²) in [5, 5.41) is 12.0. The van der Waals surface area contributed by atoms with Crippen LogP contribution in [0.2, 0.25) is 0 Å². The van der Waals surface area contributed by atoms with Crippen molar-refractivity contribution in [2.45, 2.75) is 18.8 Å². The van der Waals surface area contributed by atoms with Crippen LogP contribution in [0.15, 0.2) is 4.52 Å². The van der Waals surface area contributed by atoms with Gasteiger partial charge in [0.25, 0.3) is 0 Å². The predicted octanol–water partition coefficient (Wildman–Crippen LogP) is 0.832. The number of carboxylic acids is 1. The van der Waals surface area contributed by atoms with Crippen molar-refractivity contribution in [2.75, 3.05) is 5.73 Å². The van der Waals surface area contributed by atoms with E-state index in [9.17, 15) is 4.79 Å².